The summed E-state index contributed by atoms with van der Waals surface area (Å²) in [5.41, 5.74) is 4.64. The van der Waals surface area contributed by atoms with Gasteiger partial charge in [0, 0.05) is 135 Å². The van der Waals surface area contributed by atoms with Crippen LogP contribution >= 0.6 is 0 Å². The number of piperazine rings is 3. The second-order valence-corrected chi connectivity index (χ2v) is 35.2. The van der Waals surface area contributed by atoms with Gasteiger partial charge >= 0.3 is 6.18 Å². The van der Waals surface area contributed by atoms with Gasteiger partial charge in [0.1, 0.15) is 23.3 Å². The van der Waals surface area contributed by atoms with Crippen LogP contribution < -0.4 is 14.7 Å². The minimum absolute atomic E-state index is 0.0305. The SMILES string of the molecule is C=S1(=O)CCC(C(=O)N2CCN(c3cnc(C(F)(F)F)nc3)CC2c2ccc(F)cc2)CC1.C=S1(=O)CCC(C(=O)N2CCN(c3cnc(C4CC4)cn3)CC2c2ccccc2F)CC1.C=S1(=O)CCC(C(=O)N2CCN(c3ncc(C4CC4)cn3)CC2c2cccc(F)c2)CC1. The van der Waals surface area contributed by atoms with Crippen LogP contribution in [0.1, 0.15) is 128 Å². The first kappa shape index (κ1) is 69.3. The number of anilines is 3. The maximum absolute atomic E-state index is 14.8. The molecule has 18 nitrogen and oxygen atoms in total. The van der Waals surface area contributed by atoms with Gasteiger partial charge < -0.3 is 29.4 Å². The van der Waals surface area contributed by atoms with Crippen LogP contribution in [0.2, 0.25) is 0 Å². The van der Waals surface area contributed by atoms with E-state index in [9.17, 15) is 53.4 Å². The fourth-order valence-electron chi connectivity index (χ4n) is 13.9. The summed E-state index contributed by atoms with van der Waals surface area (Å²) in [4.78, 5) is 77.0. The summed E-state index contributed by atoms with van der Waals surface area (Å²) in [6.07, 6.45) is 13.2. The molecule has 97 heavy (non-hydrogen) atoms. The maximum atomic E-state index is 14.8. The molecule has 8 aliphatic rings. The first-order valence-corrected chi connectivity index (χ1v) is 39.5. The number of nitrogens with zero attached hydrogens (tertiary/aromatic N) is 12. The van der Waals surface area contributed by atoms with E-state index in [1.165, 1.54) is 61.6 Å². The molecule has 518 valence electrons. The zero-order valence-electron chi connectivity index (χ0n) is 54.1. The number of carbonyl (C=O) groups is 3. The fraction of sp³-hybridized carbons (Fsp3) is 0.486. The van der Waals surface area contributed by atoms with E-state index >= 15 is 0 Å². The van der Waals surface area contributed by atoms with Gasteiger partial charge in [0.15, 0.2) is 0 Å². The van der Waals surface area contributed by atoms with E-state index in [1.54, 1.807) is 41.4 Å². The molecule has 6 aromatic rings. The third kappa shape index (κ3) is 17.1. The van der Waals surface area contributed by atoms with E-state index in [-0.39, 0.29) is 53.2 Å². The second kappa shape index (κ2) is 29.0. The minimum atomic E-state index is -4.63. The predicted molar refractivity (Wildman–Crippen MR) is 367 cm³/mol. The number of carbonyl (C=O) groups excluding carboxylic acids is 3. The largest absolute Gasteiger partial charge is 0.451 e. The lowest BCUT2D eigenvalue weighted by atomic mass is 9.96. The van der Waals surface area contributed by atoms with Crippen molar-refractivity contribution in [2.75, 3.05) is 108 Å². The van der Waals surface area contributed by atoms with Gasteiger partial charge in [-0.2, -0.15) is 13.2 Å². The number of rotatable bonds is 11. The third-order valence-corrected chi connectivity index (χ3v) is 25.9. The van der Waals surface area contributed by atoms with Crippen LogP contribution in [0.15, 0.2) is 110 Å². The molecule has 0 bridgehead atoms. The lowest BCUT2D eigenvalue weighted by Crippen LogP contribution is -2.53. The summed E-state index contributed by atoms with van der Waals surface area (Å²) < 4.78 is 117. The van der Waals surface area contributed by atoms with Crippen molar-refractivity contribution in [3.05, 3.63) is 161 Å². The molecule has 2 saturated carbocycles. The standard InChI is InChI=1S/2C24H29FN4O2S.C22H24F4N4O2S/c1-32(31)11-7-18(8-12-32)23(30)29-10-9-28(16-22(29)19-3-2-4-21(25)13-19)24-26-14-20(15-27-24)17-5-6-17;1-32(31)12-8-18(9-13-32)24(30)29-11-10-28(16-22(29)19-4-2-3-5-20(19)25)23-15-26-21(14-27-23)17-6-7-17;1-33(32)10-6-16(7-11-33)20(31)30-9-8-29(14-19(30)15-2-4-17(23)5-3-15)18-12-27-21(28-13-18)22(24,25)26/h2-4,13-15,17-18,22H,1,5-12,16H2;2-5,14-15,17-18,22H,1,6-13,16H2;2-5,12-13,16,19H,1,6-11,14H2. The highest BCUT2D eigenvalue weighted by molar-refractivity contribution is 8.00. The quantitative estimate of drug-likeness (QED) is 0.0878. The van der Waals surface area contributed by atoms with Crippen molar-refractivity contribution in [1.82, 2.24) is 44.6 Å². The monoisotopic (exact) mass is 1400 g/mol. The maximum Gasteiger partial charge on any atom is 0.451 e. The Balaban J connectivity index is 0.000000139. The molecule has 6 aliphatic heterocycles. The van der Waals surface area contributed by atoms with Crippen molar-refractivity contribution in [3.63, 3.8) is 0 Å². The van der Waals surface area contributed by atoms with Gasteiger partial charge in [-0.1, -0.05) is 42.5 Å². The van der Waals surface area contributed by atoms with Crippen molar-refractivity contribution < 1.29 is 53.4 Å². The van der Waals surface area contributed by atoms with Crippen LogP contribution in [0.3, 0.4) is 0 Å². The Morgan fingerprint density at radius 2 is 0.928 bits per heavy atom. The van der Waals surface area contributed by atoms with Crippen molar-refractivity contribution in [2.24, 2.45) is 17.8 Å². The van der Waals surface area contributed by atoms with Crippen molar-refractivity contribution in [3.8, 4) is 0 Å². The molecule has 3 atom stereocenters. The Morgan fingerprint density at radius 3 is 1.42 bits per heavy atom. The summed E-state index contributed by atoms with van der Waals surface area (Å²) in [7, 11) is -6.23. The van der Waals surface area contributed by atoms with Gasteiger partial charge in [-0.05, 0) is 163 Å². The average molecular weight is 1400 g/mol. The van der Waals surface area contributed by atoms with Crippen molar-refractivity contribution in [2.45, 2.75) is 100 Å². The average Bonchev–Trinajstić information content (AvgIpc) is 1.65. The Bertz CT molecular complexity index is 4110. The van der Waals surface area contributed by atoms with Gasteiger partial charge in [0.25, 0.3) is 0 Å². The summed E-state index contributed by atoms with van der Waals surface area (Å²) in [6.45, 7) is 4.23. The van der Waals surface area contributed by atoms with Crippen LogP contribution in [0.25, 0.3) is 0 Å². The number of aromatic nitrogens is 6. The highest BCUT2D eigenvalue weighted by Gasteiger charge is 2.42. The van der Waals surface area contributed by atoms with Gasteiger partial charge in [0.05, 0.1) is 54.3 Å². The van der Waals surface area contributed by atoms with Crippen LogP contribution in [0, 0.1) is 35.2 Å². The van der Waals surface area contributed by atoms with E-state index < -0.39 is 58.5 Å². The van der Waals surface area contributed by atoms with Crippen molar-refractivity contribution in [1.29, 1.82) is 0 Å². The van der Waals surface area contributed by atoms with E-state index in [4.69, 9.17) is 0 Å². The molecule has 9 heterocycles. The molecule has 27 heteroatoms. The molecule has 0 radical (unpaired) electrons. The Kier molecular flexibility index (Phi) is 20.7. The summed E-state index contributed by atoms with van der Waals surface area (Å²) in [6, 6.07) is 17.9. The molecule has 3 aromatic heterocycles. The minimum Gasteiger partial charge on any atom is -0.365 e. The Morgan fingerprint density at radius 1 is 0.443 bits per heavy atom. The van der Waals surface area contributed by atoms with Crippen molar-refractivity contribution >= 4 is 81.4 Å². The smallest absolute Gasteiger partial charge is 0.365 e. The topological polar surface area (TPSA) is 199 Å². The van der Waals surface area contributed by atoms with Gasteiger partial charge in [-0.3, -0.25) is 32.0 Å². The number of benzene rings is 3. The zero-order valence-corrected chi connectivity index (χ0v) is 56.6. The molecular weight excluding hydrogens is 1320 g/mol. The van der Waals surface area contributed by atoms with E-state index in [0.717, 1.165) is 35.0 Å². The number of hydrogen-bond donors (Lipinski definition) is 0. The normalized spacial score (nSPS) is 27.8. The highest BCUT2D eigenvalue weighted by atomic mass is 32.2. The van der Waals surface area contributed by atoms with E-state index in [2.05, 4.69) is 57.3 Å². The number of hydrogen-bond acceptors (Lipinski definition) is 15. The first-order valence-electron chi connectivity index (χ1n) is 33.3. The second-order valence-electron chi connectivity index (χ2n) is 27.0. The number of halogens is 6. The van der Waals surface area contributed by atoms with E-state index in [0.29, 0.717) is 161 Å². The lowest BCUT2D eigenvalue weighted by molar-refractivity contribution is -0.145. The van der Waals surface area contributed by atoms with Gasteiger partial charge in [-0.25, -0.2) is 38.1 Å². The summed E-state index contributed by atoms with van der Waals surface area (Å²) >= 11 is 0. The van der Waals surface area contributed by atoms with Crippen LogP contribution in [-0.2, 0) is 49.1 Å². The fourth-order valence-corrected chi connectivity index (χ4v) is 18.8. The zero-order chi connectivity index (χ0) is 68.4. The number of alkyl halides is 3. The molecule has 6 saturated heterocycles. The molecule has 8 fully saturated rings. The summed E-state index contributed by atoms with van der Waals surface area (Å²) in [5, 5.41) is 0. The molecule has 3 aromatic carbocycles. The summed E-state index contributed by atoms with van der Waals surface area (Å²) in [5.74, 6) is 13.9. The third-order valence-electron chi connectivity index (χ3n) is 20.0. The lowest BCUT2D eigenvalue weighted by Gasteiger charge is -2.44. The molecule has 3 unspecified atom stereocenters. The van der Waals surface area contributed by atoms with Crippen LogP contribution in [0.4, 0.5) is 43.8 Å². The predicted octanol–water partition coefficient (Wildman–Crippen LogP) is 9.17. The van der Waals surface area contributed by atoms with Gasteiger partial charge in [-0.15, -0.1) is 0 Å². The Hall–Kier alpha value is -7.65. The van der Waals surface area contributed by atoms with Crippen LogP contribution in [-0.4, -0.2) is 186 Å². The molecule has 3 amide bonds. The molecule has 0 N–H and O–H groups in total. The van der Waals surface area contributed by atoms with E-state index in [1.807, 2.05) is 45.4 Å². The molecular formula is C70H82F6N12O6S3. The molecule has 0 spiro atoms. The Labute approximate surface area is 563 Å². The molecule has 14 rings (SSSR count). The first-order chi connectivity index (χ1) is 46.3. The van der Waals surface area contributed by atoms with Gasteiger partial charge in [0.2, 0.25) is 29.5 Å². The van der Waals surface area contributed by atoms with Crippen LogP contribution in [0.5, 0.6) is 0 Å². The molecule has 2 aliphatic carbocycles. The highest BCUT2D eigenvalue weighted by Crippen LogP contribution is 2.42. The number of amides is 3.